The zero-order valence-electron chi connectivity index (χ0n) is 12.8. The van der Waals surface area contributed by atoms with Gasteiger partial charge in [0.1, 0.15) is 5.75 Å². The van der Waals surface area contributed by atoms with Gasteiger partial charge in [0.05, 0.1) is 11.1 Å². The van der Waals surface area contributed by atoms with Crippen LogP contribution in [-0.4, -0.2) is 17.0 Å². The van der Waals surface area contributed by atoms with E-state index < -0.39 is 6.10 Å². The van der Waals surface area contributed by atoms with Crippen LogP contribution >= 0.6 is 11.6 Å². The summed E-state index contributed by atoms with van der Waals surface area (Å²) in [5, 5.41) is 3.39. The molecule has 0 aliphatic carbocycles. The van der Waals surface area contributed by atoms with Gasteiger partial charge in [-0.15, -0.1) is 0 Å². The van der Waals surface area contributed by atoms with Crippen LogP contribution in [0.4, 0.5) is 0 Å². The average molecular weight is 319 g/mol. The minimum atomic E-state index is -0.640. The van der Waals surface area contributed by atoms with Crippen molar-refractivity contribution in [2.45, 2.75) is 32.9 Å². The fraction of sp³-hybridized carbons (Fsp3) is 0.294. The highest BCUT2D eigenvalue weighted by Gasteiger charge is 2.18. The Labute approximate surface area is 135 Å². The lowest BCUT2D eigenvalue weighted by Crippen LogP contribution is -2.37. The number of aryl methyl sites for hydroxylation is 1. The first-order chi connectivity index (χ1) is 10.5. The molecule has 2 aromatic rings. The summed E-state index contributed by atoms with van der Waals surface area (Å²) in [5.74, 6) is 0.312. The van der Waals surface area contributed by atoms with Gasteiger partial charge in [0.2, 0.25) is 0 Å². The molecular weight excluding hydrogens is 300 g/mol. The smallest absolute Gasteiger partial charge is 0.261 e. The molecule has 0 aliphatic heterocycles. The van der Waals surface area contributed by atoms with E-state index in [1.165, 1.54) is 0 Å². The van der Waals surface area contributed by atoms with Crippen molar-refractivity contribution in [3.05, 3.63) is 58.9 Å². The lowest BCUT2D eigenvalue weighted by molar-refractivity contribution is -0.127. The molecule has 0 aliphatic rings. The zero-order valence-corrected chi connectivity index (χ0v) is 13.6. The zero-order chi connectivity index (χ0) is 16.1. The Bertz CT molecular complexity index is 646. The van der Waals surface area contributed by atoms with E-state index in [2.05, 4.69) is 10.3 Å². The van der Waals surface area contributed by atoms with Crippen LogP contribution in [0.2, 0.25) is 5.02 Å². The first kappa shape index (κ1) is 16.3. The third kappa shape index (κ3) is 4.21. The van der Waals surface area contributed by atoms with Gasteiger partial charge in [-0.2, -0.15) is 0 Å². The molecule has 4 nitrogen and oxygen atoms in total. The average Bonchev–Trinajstić information content (AvgIpc) is 2.51. The summed E-state index contributed by atoms with van der Waals surface area (Å²) in [7, 11) is 0. The lowest BCUT2D eigenvalue weighted by Gasteiger charge is -2.19. The fourth-order valence-electron chi connectivity index (χ4n) is 1.99. The van der Waals surface area contributed by atoms with Gasteiger partial charge in [0.25, 0.3) is 5.91 Å². The molecular formula is C17H19ClN2O2. The van der Waals surface area contributed by atoms with Crippen molar-refractivity contribution in [1.82, 2.24) is 10.3 Å². The number of pyridine rings is 1. The van der Waals surface area contributed by atoms with E-state index in [-0.39, 0.29) is 11.9 Å². The maximum absolute atomic E-state index is 12.2. The van der Waals surface area contributed by atoms with E-state index in [9.17, 15) is 4.79 Å². The fourth-order valence-corrected chi connectivity index (χ4v) is 2.15. The van der Waals surface area contributed by atoms with E-state index in [4.69, 9.17) is 16.3 Å². The molecule has 2 unspecified atom stereocenters. The van der Waals surface area contributed by atoms with Crippen LogP contribution in [0.5, 0.6) is 5.75 Å². The Morgan fingerprint density at radius 1 is 1.32 bits per heavy atom. The number of carbonyl (C=O) groups excluding carboxylic acids is 1. The monoisotopic (exact) mass is 318 g/mol. The van der Waals surface area contributed by atoms with Crippen LogP contribution in [0.15, 0.2) is 42.7 Å². The molecule has 1 aromatic carbocycles. The van der Waals surface area contributed by atoms with E-state index in [0.29, 0.717) is 10.8 Å². The number of benzene rings is 1. The Balaban J connectivity index is 1.99. The summed E-state index contributed by atoms with van der Waals surface area (Å²) >= 11 is 6.08. The molecule has 1 N–H and O–H groups in total. The third-order valence-electron chi connectivity index (χ3n) is 3.30. The Kier molecular flexibility index (Phi) is 5.39. The maximum Gasteiger partial charge on any atom is 0.261 e. The first-order valence-corrected chi connectivity index (χ1v) is 7.48. The highest BCUT2D eigenvalue weighted by Crippen LogP contribution is 2.26. The Morgan fingerprint density at radius 2 is 2.09 bits per heavy atom. The summed E-state index contributed by atoms with van der Waals surface area (Å²) in [5.41, 5.74) is 1.97. The van der Waals surface area contributed by atoms with Crippen molar-refractivity contribution in [3.63, 3.8) is 0 Å². The maximum atomic E-state index is 12.2. The SMILES string of the molecule is Cc1ccc(Cl)c(OC(C)C(=O)NC(C)c2cccnc2)c1. The van der Waals surface area contributed by atoms with Crippen molar-refractivity contribution in [1.29, 1.82) is 0 Å². The van der Waals surface area contributed by atoms with E-state index >= 15 is 0 Å². The molecule has 1 amide bonds. The second-order valence-corrected chi connectivity index (χ2v) is 5.62. The summed E-state index contributed by atoms with van der Waals surface area (Å²) in [6, 6.07) is 9.09. The minimum Gasteiger partial charge on any atom is -0.479 e. The molecule has 1 heterocycles. The highest BCUT2D eigenvalue weighted by molar-refractivity contribution is 6.32. The van der Waals surface area contributed by atoms with Crippen LogP contribution < -0.4 is 10.1 Å². The van der Waals surface area contributed by atoms with Crippen LogP contribution in [0.3, 0.4) is 0 Å². The largest absolute Gasteiger partial charge is 0.479 e. The molecule has 0 radical (unpaired) electrons. The molecule has 0 spiro atoms. The number of hydrogen-bond acceptors (Lipinski definition) is 3. The van der Waals surface area contributed by atoms with Crippen LogP contribution in [0, 0.1) is 6.92 Å². The van der Waals surface area contributed by atoms with Gasteiger partial charge in [-0.05, 0) is 50.1 Å². The summed E-state index contributed by atoms with van der Waals surface area (Å²) < 4.78 is 5.66. The first-order valence-electron chi connectivity index (χ1n) is 7.10. The van der Waals surface area contributed by atoms with E-state index in [1.54, 1.807) is 25.4 Å². The summed E-state index contributed by atoms with van der Waals surface area (Å²) in [4.78, 5) is 16.3. The number of halogens is 1. The standard InChI is InChI=1S/C17H19ClN2O2/c1-11-6-7-15(18)16(9-11)22-13(3)17(21)20-12(2)14-5-4-8-19-10-14/h4-10,12-13H,1-3H3,(H,20,21). The van der Waals surface area contributed by atoms with Crippen LogP contribution in [0.1, 0.15) is 31.0 Å². The molecule has 116 valence electrons. The molecule has 0 fully saturated rings. The second-order valence-electron chi connectivity index (χ2n) is 5.21. The molecule has 5 heteroatoms. The predicted molar refractivity (Wildman–Crippen MR) is 87.1 cm³/mol. The molecule has 2 atom stereocenters. The van der Waals surface area contributed by atoms with E-state index in [1.807, 2.05) is 38.1 Å². The van der Waals surface area contributed by atoms with Gasteiger partial charge < -0.3 is 10.1 Å². The summed E-state index contributed by atoms with van der Waals surface area (Å²) in [6.45, 7) is 5.55. The molecule has 22 heavy (non-hydrogen) atoms. The third-order valence-corrected chi connectivity index (χ3v) is 3.62. The van der Waals surface area contributed by atoms with Gasteiger partial charge in [-0.3, -0.25) is 9.78 Å². The van der Waals surface area contributed by atoms with Crippen LogP contribution in [-0.2, 0) is 4.79 Å². The number of rotatable bonds is 5. The van der Waals surface area contributed by atoms with Gasteiger partial charge in [-0.1, -0.05) is 23.7 Å². The normalized spacial score (nSPS) is 13.3. The number of carbonyl (C=O) groups is 1. The van der Waals surface area contributed by atoms with Gasteiger partial charge in [0, 0.05) is 12.4 Å². The number of amides is 1. The van der Waals surface area contributed by atoms with Crippen LogP contribution in [0.25, 0.3) is 0 Å². The number of hydrogen-bond donors (Lipinski definition) is 1. The Hall–Kier alpha value is -2.07. The summed E-state index contributed by atoms with van der Waals surface area (Å²) in [6.07, 6.45) is 2.79. The molecule has 2 rings (SSSR count). The molecule has 1 aromatic heterocycles. The molecule has 0 saturated carbocycles. The topological polar surface area (TPSA) is 51.2 Å². The molecule has 0 bridgehead atoms. The van der Waals surface area contributed by atoms with Gasteiger partial charge in [-0.25, -0.2) is 0 Å². The van der Waals surface area contributed by atoms with Crippen molar-refractivity contribution < 1.29 is 9.53 Å². The van der Waals surface area contributed by atoms with Crippen molar-refractivity contribution in [2.24, 2.45) is 0 Å². The Morgan fingerprint density at radius 3 is 2.77 bits per heavy atom. The quantitative estimate of drug-likeness (QED) is 0.914. The van der Waals surface area contributed by atoms with Crippen molar-refractivity contribution in [2.75, 3.05) is 0 Å². The second kappa shape index (κ2) is 7.27. The number of nitrogens with zero attached hydrogens (tertiary/aromatic N) is 1. The number of nitrogens with one attached hydrogen (secondary N) is 1. The lowest BCUT2D eigenvalue weighted by atomic mass is 10.1. The van der Waals surface area contributed by atoms with Crippen molar-refractivity contribution in [3.8, 4) is 5.75 Å². The number of aromatic nitrogens is 1. The number of ether oxygens (including phenoxy) is 1. The van der Waals surface area contributed by atoms with Gasteiger partial charge >= 0.3 is 0 Å². The minimum absolute atomic E-state index is 0.139. The van der Waals surface area contributed by atoms with Gasteiger partial charge in [0.15, 0.2) is 6.10 Å². The molecule has 0 saturated heterocycles. The van der Waals surface area contributed by atoms with E-state index in [0.717, 1.165) is 11.1 Å². The van der Waals surface area contributed by atoms with Crippen molar-refractivity contribution >= 4 is 17.5 Å². The predicted octanol–water partition coefficient (Wildman–Crippen LogP) is 3.69. The highest BCUT2D eigenvalue weighted by atomic mass is 35.5.